The Hall–Kier alpha value is -2.64. The second-order valence-corrected chi connectivity index (χ2v) is 6.72. The lowest BCUT2D eigenvalue weighted by Gasteiger charge is -2.05. The minimum Gasteiger partial charge on any atom is -0.411 e. The van der Waals surface area contributed by atoms with E-state index in [1.165, 1.54) is 6.92 Å². The third kappa shape index (κ3) is 4.71. The van der Waals surface area contributed by atoms with Crippen molar-refractivity contribution in [1.82, 2.24) is 10.2 Å². The number of hydrogen-bond acceptors (Lipinski definition) is 6. The molecule has 0 aliphatic carbocycles. The number of ketones is 1. The number of benzene rings is 2. The zero-order valence-electron chi connectivity index (χ0n) is 13.7. The summed E-state index contributed by atoms with van der Waals surface area (Å²) in [6, 6.07) is 13.8. The van der Waals surface area contributed by atoms with E-state index in [1.807, 2.05) is 0 Å². The van der Waals surface area contributed by atoms with E-state index < -0.39 is 0 Å². The molecule has 1 aromatic heterocycles. The number of rotatable bonds is 6. The molecule has 8 heteroatoms. The van der Waals surface area contributed by atoms with Crippen molar-refractivity contribution in [3.8, 4) is 11.5 Å². The lowest BCUT2D eigenvalue weighted by molar-refractivity contribution is -0.113. The molecule has 1 heterocycles. The van der Waals surface area contributed by atoms with Gasteiger partial charge in [-0.3, -0.25) is 9.59 Å². The van der Waals surface area contributed by atoms with E-state index in [0.717, 1.165) is 17.3 Å². The highest BCUT2D eigenvalue weighted by Gasteiger charge is 2.12. The first-order valence-corrected chi connectivity index (χ1v) is 9.01. The van der Waals surface area contributed by atoms with Crippen LogP contribution in [0, 0.1) is 0 Å². The van der Waals surface area contributed by atoms with E-state index in [4.69, 9.17) is 16.0 Å². The van der Waals surface area contributed by atoms with Crippen LogP contribution in [0.1, 0.15) is 17.3 Å². The smallest absolute Gasteiger partial charge is 0.277 e. The average Bonchev–Trinajstić information content (AvgIpc) is 3.10. The molecule has 1 amide bonds. The Morgan fingerprint density at radius 3 is 2.65 bits per heavy atom. The summed E-state index contributed by atoms with van der Waals surface area (Å²) in [6.07, 6.45) is 0. The van der Waals surface area contributed by atoms with Gasteiger partial charge >= 0.3 is 0 Å². The van der Waals surface area contributed by atoms with Gasteiger partial charge in [0.2, 0.25) is 11.8 Å². The third-order valence-corrected chi connectivity index (χ3v) is 4.45. The number of carbonyl (C=O) groups is 2. The molecule has 132 valence electrons. The second-order valence-electron chi connectivity index (χ2n) is 5.35. The van der Waals surface area contributed by atoms with E-state index in [9.17, 15) is 9.59 Å². The molecule has 26 heavy (non-hydrogen) atoms. The fourth-order valence-electron chi connectivity index (χ4n) is 2.12. The summed E-state index contributed by atoms with van der Waals surface area (Å²) in [6.45, 7) is 1.48. The first-order valence-electron chi connectivity index (χ1n) is 7.64. The molecular weight excluding hydrogens is 374 g/mol. The van der Waals surface area contributed by atoms with Gasteiger partial charge in [0.25, 0.3) is 5.22 Å². The fourth-order valence-corrected chi connectivity index (χ4v) is 2.81. The number of amides is 1. The molecule has 0 unspecified atom stereocenters. The first-order chi connectivity index (χ1) is 12.5. The maximum atomic E-state index is 12.1. The van der Waals surface area contributed by atoms with Crippen LogP contribution in [0.4, 0.5) is 5.69 Å². The van der Waals surface area contributed by atoms with Gasteiger partial charge in [-0.05, 0) is 43.3 Å². The van der Waals surface area contributed by atoms with Crippen LogP contribution in [0.3, 0.4) is 0 Å². The maximum absolute atomic E-state index is 12.1. The molecule has 0 saturated heterocycles. The summed E-state index contributed by atoms with van der Waals surface area (Å²) in [5.74, 6) is 0.170. The molecule has 3 rings (SSSR count). The molecule has 3 aromatic rings. The Morgan fingerprint density at radius 1 is 1.15 bits per heavy atom. The second kappa shape index (κ2) is 8.16. The van der Waals surface area contributed by atoms with Gasteiger partial charge in [-0.1, -0.05) is 35.5 Å². The molecule has 0 atom stereocenters. The average molecular weight is 388 g/mol. The van der Waals surface area contributed by atoms with Gasteiger partial charge in [0.1, 0.15) is 0 Å². The molecule has 0 aliphatic heterocycles. The van der Waals surface area contributed by atoms with Crippen molar-refractivity contribution in [2.75, 3.05) is 11.1 Å². The van der Waals surface area contributed by atoms with E-state index in [0.29, 0.717) is 27.4 Å². The number of nitrogens with zero attached hydrogens (tertiary/aromatic N) is 2. The summed E-state index contributed by atoms with van der Waals surface area (Å²) >= 11 is 6.98. The maximum Gasteiger partial charge on any atom is 0.277 e. The van der Waals surface area contributed by atoms with Crippen molar-refractivity contribution >= 4 is 40.7 Å². The number of carbonyl (C=O) groups excluding carboxylic acids is 2. The van der Waals surface area contributed by atoms with Gasteiger partial charge in [0, 0.05) is 21.8 Å². The Morgan fingerprint density at radius 2 is 1.92 bits per heavy atom. The fraction of sp³-hybridized carbons (Fsp3) is 0.111. The Labute approximate surface area is 159 Å². The van der Waals surface area contributed by atoms with Crippen molar-refractivity contribution < 1.29 is 14.0 Å². The van der Waals surface area contributed by atoms with Gasteiger partial charge < -0.3 is 9.73 Å². The topological polar surface area (TPSA) is 85.1 Å². The van der Waals surface area contributed by atoms with Crippen molar-refractivity contribution in [3.63, 3.8) is 0 Å². The predicted molar refractivity (Wildman–Crippen MR) is 101 cm³/mol. The van der Waals surface area contributed by atoms with Gasteiger partial charge in [0.15, 0.2) is 5.78 Å². The van der Waals surface area contributed by atoms with Crippen LogP contribution in [-0.4, -0.2) is 27.6 Å². The molecule has 0 fully saturated rings. The molecular formula is C18H14ClN3O3S. The normalized spacial score (nSPS) is 10.5. The summed E-state index contributed by atoms with van der Waals surface area (Å²) in [5.41, 5.74) is 1.86. The van der Waals surface area contributed by atoms with Crippen molar-refractivity contribution in [3.05, 3.63) is 59.1 Å². The molecule has 1 N–H and O–H groups in total. The van der Waals surface area contributed by atoms with Crippen LogP contribution in [0.2, 0.25) is 5.02 Å². The van der Waals surface area contributed by atoms with E-state index in [2.05, 4.69) is 15.5 Å². The van der Waals surface area contributed by atoms with Crippen LogP contribution in [0.25, 0.3) is 11.5 Å². The van der Waals surface area contributed by atoms with Crippen LogP contribution < -0.4 is 5.32 Å². The monoisotopic (exact) mass is 387 g/mol. The van der Waals surface area contributed by atoms with Crippen LogP contribution >= 0.6 is 23.4 Å². The minimum absolute atomic E-state index is 0.0592. The Bertz CT molecular complexity index is 941. The number of hydrogen-bond donors (Lipinski definition) is 1. The zero-order valence-corrected chi connectivity index (χ0v) is 15.3. The van der Waals surface area contributed by atoms with Gasteiger partial charge in [-0.15, -0.1) is 10.2 Å². The zero-order chi connectivity index (χ0) is 18.5. The van der Waals surface area contributed by atoms with E-state index >= 15 is 0 Å². The number of Topliss-reactive ketones (excluding diaryl/α,β-unsaturated/α-hetero) is 1. The van der Waals surface area contributed by atoms with Crippen LogP contribution in [-0.2, 0) is 4.79 Å². The standard InChI is InChI=1S/C18H14ClN3O3S/c1-11(23)13-3-2-4-15(9-13)20-16(24)10-26-18-22-21-17(25-18)12-5-7-14(19)8-6-12/h2-9H,10H2,1H3,(H,20,24). The first kappa shape index (κ1) is 18.2. The Kier molecular flexibility index (Phi) is 5.70. The highest BCUT2D eigenvalue weighted by atomic mass is 35.5. The lowest BCUT2D eigenvalue weighted by Crippen LogP contribution is -2.14. The van der Waals surface area contributed by atoms with E-state index in [-0.39, 0.29) is 17.4 Å². The number of halogens is 1. The minimum atomic E-state index is -0.234. The van der Waals surface area contributed by atoms with Gasteiger partial charge in [-0.25, -0.2) is 0 Å². The summed E-state index contributed by atoms with van der Waals surface area (Å²) in [4.78, 5) is 23.4. The van der Waals surface area contributed by atoms with Crippen molar-refractivity contribution in [2.24, 2.45) is 0 Å². The Balaban J connectivity index is 1.57. The summed E-state index contributed by atoms with van der Waals surface area (Å²) in [5, 5.41) is 11.5. The summed E-state index contributed by atoms with van der Waals surface area (Å²) < 4.78 is 5.53. The third-order valence-electron chi connectivity index (χ3n) is 3.38. The van der Waals surface area contributed by atoms with Gasteiger partial charge in [-0.2, -0.15) is 0 Å². The quantitative estimate of drug-likeness (QED) is 0.500. The molecule has 0 spiro atoms. The molecule has 0 radical (unpaired) electrons. The molecule has 0 aliphatic rings. The van der Waals surface area contributed by atoms with Crippen molar-refractivity contribution in [1.29, 1.82) is 0 Å². The molecule has 2 aromatic carbocycles. The van der Waals surface area contributed by atoms with E-state index in [1.54, 1.807) is 48.5 Å². The molecule has 0 bridgehead atoms. The number of aromatic nitrogens is 2. The van der Waals surface area contributed by atoms with Crippen LogP contribution in [0.15, 0.2) is 58.2 Å². The molecule has 0 saturated carbocycles. The summed E-state index contributed by atoms with van der Waals surface area (Å²) in [7, 11) is 0. The molecule has 6 nitrogen and oxygen atoms in total. The SMILES string of the molecule is CC(=O)c1cccc(NC(=O)CSc2nnc(-c3ccc(Cl)cc3)o2)c1. The largest absolute Gasteiger partial charge is 0.411 e. The predicted octanol–water partition coefficient (Wildman–Crippen LogP) is 4.32. The highest BCUT2D eigenvalue weighted by molar-refractivity contribution is 7.99. The lowest BCUT2D eigenvalue weighted by atomic mass is 10.1. The number of thioether (sulfide) groups is 1. The highest BCUT2D eigenvalue weighted by Crippen LogP contribution is 2.24. The number of nitrogens with one attached hydrogen (secondary N) is 1. The van der Waals surface area contributed by atoms with Gasteiger partial charge in [0.05, 0.1) is 5.75 Å². The number of anilines is 1. The van der Waals surface area contributed by atoms with Crippen LogP contribution in [0.5, 0.6) is 0 Å². The van der Waals surface area contributed by atoms with Crippen molar-refractivity contribution in [2.45, 2.75) is 12.1 Å².